The summed E-state index contributed by atoms with van der Waals surface area (Å²) in [6, 6.07) is 7.79. The van der Waals surface area contributed by atoms with Gasteiger partial charge in [-0.05, 0) is 168 Å². The van der Waals surface area contributed by atoms with Gasteiger partial charge in [-0.3, -0.25) is 19.6 Å². The van der Waals surface area contributed by atoms with Crippen molar-refractivity contribution in [2.45, 2.75) is 106 Å². The van der Waals surface area contributed by atoms with E-state index in [1.54, 1.807) is 20.8 Å². The van der Waals surface area contributed by atoms with Crippen molar-refractivity contribution in [2.24, 2.45) is 27.2 Å². The first kappa shape index (κ1) is 65.1. The number of rotatable bonds is 22. The maximum absolute atomic E-state index is 14.8. The Labute approximate surface area is 469 Å². The normalized spacial score (nSPS) is 13.9. The lowest BCUT2D eigenvalue weighted by Gasteiger charge is -2.35. The zero-order valence-corrected chi connectivity index (χ0v) is 47.6. The van der Waals surface area contributed by atoms with Crippen molar-refractivity contribution in [1.29, 1.82) is 0 Å². The highest BCUT2D eigenvalue weighted by Gasteiger charge is 2.35. The molecule has 0 saturated carbocycles. The molecule has 82 heavy (non-hydrogen) atoms. The average Bonchev–Trinajstić information content (AvgIpc) is 3.28. The molecule has 0 spiro atoms. The molecule has 0 amide bonds. The summed E-state index contributed by atoms with van der Waals surface area (Å²) >= 11 is 0. The Kier molecular flexibility index (Phi) is 21.8. The summed E-state index contributed by atoms with van der Waals surface area (Å²) in [7, 11) is -11.3. The van der Waals surface area contributed by atoms with Gasteiger partial charge in [0.2, 0.25) is 26.0 Å². The summed E-state index contributed by atoms with van der Waals surface area (Å²) in [6.07, 6.45) is 1.32. The van der Waals surface area contributed by atoms with Crippen molar-refractivity contribution in [3.05, 3.63) is 130 Å². The Hall–Kier alpha value is -7.67. The van der Waals surface area contributed by atoms with Gasteiger partial charge in [-0.1, -0.05) is 0 Å². The highest BCUT2D eigenvalue weighted by atomic mass is 32.2. The van der Waals surface area contributed by atoms with E-state index in [-0.39, 0.29) is 66.7 Å². The summed E-state index contributed by atoms with van der Waals surface area (Å²) in [5.41, 5.74) is 18.5. The van der Waals surface area contributed by atoms with Crippen LogP contribution in [0.25, 0.3) is 0 Å². The molecule has 21 nitrogen and oxygen atoms in total. The topological polar surface area (TPSA) is 322 Å². The molecule has 6 rings (SSSR count). The smallest absolute Gasteiger partial charge is 0.323 e. The number of benzene rings is 5. The summed E-state index contributed by atoms with van der Waals surface area (Å²) in [5, 5.41) is 0. The Bertz CT molecular complexity index is 3530. The number of carbonyl (C=O) groups excluding carboxylic acids is 2. The van der Waals surface area contributed by atoms with Gasteiger partial charge in [0.15, 0.2) is 40.7 Å². The number of guanidine groups is 2. The Morgan fingerprint density at radius 1 is 0.622 bits per heavy atom. The third kappa shape index (κ3) is 17.2. The van der Waals surface area contributed by atoms with Gasteiger partial charge in [-0.25, -0.2) is 56.3 Å². The first-order valence-electron chi connectivity index (χ1n) is 24.5. The lowest BCUT2D eigenvalue weighted by atomic mass is 9.88. The summed E-state index contributed by atoms with van der Waals surface area (Å²) in [4.78, 5) is 30.6. The second-order valence-corrected chi connectivity index (χ2v) is 23.8. The van der Waals surface area contributed by atoms with Gasteiger partial charge >= 0.3 is 11.9 Å². The summed E-state index contributed by atoms with van der Waals surface area (Å²) < 4.78 is 195. The number of halogens is 6. The number of esters is 2. The minimum absolute atomic E-state index is 0.0149. The molecule has 1 heterocycles. The van der Waals surface area contributed by atoms with Crippen LogP contribution in [0.2, 0.25) is 0 Å². The average molecular weight is 1220 g/mol. The Morgan fingerprint density at radius 2 is 1.02 bits per heavy atom. The molecule has 1 aliphatic heterocycles. The predicted molar refractivity (Wildman–Crippen MR) is 288 cm³/mol. The molecule has 30 heteroatoms. The predicted octanol–water partition coefficient (Wildman–Crippen LogP) is 6.59. The van der Waals surface area contributed by atoms with Crippen molar-refractivity contribution in [3.8, 4) is 28.7 Å². The van der Waals surface area contributed by atoms with Gasteiger partial charge in [0.05, 0.1) is 28.9 Å². The first-order valence-corrected chi connectivity index (χ1v) is 29.0. The number of nitrogens with one attached hydrogen (secondary N) is 3. The molecule has 5 aromatic rings. The van der Waals surface area contributed by atoms with Gasteiger partial charge in [0, 0.05) is 13.1 Å². The number of nitrogens with zero attached hydrogens (tertiary/aromatic N) is 2. The van der Waals surface area contributed by atoms with Crippen LogP contribution in [0.5, 0.6) is 28.7 Å². The molecule has 2 atom stereocenters. The molecule has 5 aromatic carbocycles. The van der Waals surface area contributed by atoms with Crippen LogP contribution in [0.3, 0.4) is 0 Å². The van der Waals surface area contributed by atoms with Crippen LogP contribution in [0.1, 0.15) is 68.2 Å². The van der Waals surface area contributed by atoms with E-state index in [9.17, 15) is 61.2 Å². The zero-order chi connectivity index (χ0) is 61.1. The van der Waals surface area contributed by atoms with Crippen LogP contribution in [0.15, 0.2) is 97.5 Å². The largest absolute Gasteiger partial charge is 0.487 e. The third-order valence-corrected chi connectivity index (χ3v) is 16.8. The standard InChI is InChI=1S/C33H39F3N4O8S2.C19H21F3N4O5S/c1-18-19(2)30(20(3)24-13-14-33(4,5)48-28(18)24)50(44,45)40-32(37)38-15-7-8-27(31(41)46-6)39-49(42,43)23-16-25(35)29(26(36)17-23)47-22-11-9-21(34)10-12-22;1-30-18(27)16(3-2-8-25-19(23)24)26-32(28,29)13-9-14(21)17(15(22)10-13)31-12-6-4-11(20)5-7-12/h9-12,16-17,27,39H,7-8,13-15H2,1-6H3,(H3,37,38,40);4-7,9-10,16,26H,2-3,8H2,1H3,(H4,23,24,25)/t27-;16-/m11/s1. The van der Waals surface area contributed by atoms with Crippen molar-refractivity contribution in [1.82, 2.24) is 14.2 Å². The number of methoxy groups -OCH3 is 2. The number of sulfonamides is 3. The van der Waals surface area contributed by atoms with Crippen LogP contribution in [-0.2, 0) is 55.6 Å². The van der Waals surface area contributed by atoms with Crippen molar-refractivity contribution < 1.29 is 84.9 Å². The SMILES string of the molecule is COC(=O)[C@@H](CCCN=C(N)N)NS(=O)(=O)c1cc(F)c(Oc2ccc(F)cc2)c(F)c1.COC(=O)[C@@H](CCCN=C(N)NS(=O)(=O)c1c(C)c(C)c2c(c1C)CCC(C)(C)O2)NS(=O)(=O)c1cc(F)c(Oc2ccc(F)cc2)c(F)c1. The number of nitrogens with two attached hydrogens (primary N) is 3. The zero-order valence-electron chi connectivity index (χ0n) is 45.2. The van der Waals surface area contributed by atoms with E-state index in [4.69, 9.17) is 31.4 Å². The summed E-state index contributed by atoms with van der Waals surface area (Å²) in [6.45, 7) is 9.13. The minimum Gasteiger partial charge on any atom is -0.487 e. The second kappa shape index (κ2) is 27.4. The molecule has 0 fully saturated rings. The van der Waals surface area contributed by atoms with Gasteiger partial charge in [-0.2, -0.15) is 9.44 Å². The highest BCUT2D eigenvalue weighted by Crippen LogP contribution is 2.42. The van der Waals surface area contributed by atoms with Crippen LogP contribution in [-0.4, -0.2) is 94.1 Å². The molecular weight excluding hydrogens is 1150 g/mol. The monoisotopic (exact) mass is 1210 g/mol. The van der Waals surface area contributed by atoms with Gasteiger partial charge in [0.25, 0.3) is 10.0 Å². The molecule has 9 N–H and O–H groups in total. The maximum atomic E-state index is 14.8. The van der Waals surface area contributed by atoms with Crippen LogP contribution in [0, 0.1) is 55.7 Å². The van der Waals surface area contributed by atoms with E-state index in [2.05, 4.69) is 28.9 Å². The molecule has 0 unspecified atom stereocenters. The number of hydrogen-bond donors (Lipinski definition) is 6. The van der Waals surface area contributed by atoms with Gasteiger partial charge < -0.3 is 40.9 Å². The fourth-order valence-corrected chi connectivity index (χ4v) is 12.0. The first-order chi connectivity index (χ1) is 38.3. The fraction of sp³-hybridized carbons (Fsp3) is 0.346. The number of hydrogen-bond acceptors (Lipinski definition) is 15. The van der Waals surface area contributed by atoms with E-state index in [0.29, 0.717) is 59.5 Å². The third-order valence-electron chi connectivity index (χ3n) is 12.2. The second-order valence-electron chi connectivity index (χ2n) is 18.8. The molecular formula is C52H60F6N8O13S3. The van der Waals surface area contributed by atoms with Crippen LogP contribution in [0.4, 0.5) is 26.3 Å². The van der Waals surface area contributed by atoms with E-state index in [1.165, 1.54) is 0 Å². The minimum atomic E-state index is -4.69. The number of aliphatic imine (C=N–C) groups is 2. The molecule has 0 radical (unpaired) electrons. The highest BCUT2D eigenvalue weighted by molar-refractivity contribution is 7.90. The van der Waals surface area contributed by atoms with Crippen molar-refractivity contribution in [2.75, 3.05) is 27.3 Å². The van der Waals surface area contributed by atoms with Crippen LogP contribution < -0.4 is 45.6 Å². The lowest BCUT2D eigenvalue weighted by Crippen LogP contribution is -2.41. The number of ether oxygens (including phenoxy) is 5. The van der Waals surface area contributed by atoms with Gasteiger partial charge in [0.1, 0.15) is 46.6 Å². The van der Waals surface area contributed by atoms with Crippen LogP contribution >= 0.6 is 0 Å². The van der Waals surface area contributed by atoms with Crippen molar-refractivity contribution in [3.63, 3.8) is 0 Å². The van der Waals surface area contributed by atoms with Gasteiger partial charge in [-0.15, -0.1) is 0 Å². The lowest BCUT2D eigenvalue weighted by molar-refractivity contribution is -0.143. The Morgan fingerprint density at radius 3 is 1.41 bits per heavy atom. The van der Waals surface area contributed by atoms with E-state index in [0.717, 1.165) is 68.3 Å². The quantitative estimate of drug-likeness (QED) is 0.0140. The fourth-order valence-electron chi connectivity index (χ4n) is 8.04. The molecule has 0 bridgehead atoms. The molecule has 1 aliphatic rings. The van der Waals surface area contributed by atoms with E-state index >= 15 is 0 Å². The molecule has 0 aromatic heterocycles. The van der Waals surface area contributed by atoms with E-state index < -0.39 is 116 Å². The molecule has 0 saturated heterocycles. The summed E-state index contributed by atoms with van der Waals surface area (Å²) in [5.74, 6) is -10.4. The maximum Gasteiger partial charge on any atom is 0.323 e. The molecule has 0 aliphatic carbocycles. The van der Waals surface area contributed by atoms with Crippen molar-refractivity contribution >= 4 is 53.9 Å². The number of fused-ring (bicyclic) bond motifs is 1. The number of carbonyl (C=O) groups is 2. The molecule has 446 valence electrons. The Balaban J connectivity index is 0.000000332. The van der Waals surface area contributed by atoms with E-state index in [1.807, 2.05) is 18.6 Å².